The minimum atomic E-state index is -3.94. The van der Waals surface area contributed by atoms with Gasteiger partial charge >= 0.3 is 0 Å². The first kappa shape index (κ1) is 16.6. The van der Waals surface area contributed by atoms with Gasteiger partial charge in [0.2, 0.25) is 10.0 Å². The molecular weight excluding hydrogens is 333 g/mol. The number of rotatable bonds is 5. The predicted molar refractivity (Wildman–Crippen MR) is 80.5 cm³/mol. The standard InChI is InChI=1S/C13H13ClFN3O3S/c14-9-4-3-8(6-10(9)15)11(19)7-18-13-12(22(16,20)21)2-1-5-17-13/h1-6,11,19H,7H2,(H,17,18)(H2,16,20,21). The highest BCUT2D eigenvalue weighted by Gasteiger charge is 2.16. The van der Waals surface area contributed by atoms with Crippen molar-refractivity contribution in [2.24, 2.45) is 5.14 Å². The number of pyridine rings is 1. The van der Waals surface area contributed by atoms with Gasteiger partial charge in [0, 0.05) is 12.7 Å². The second-order valence-corrected chi connectivity index (χ2v) is 6.40. The molecule has 0 amide bonds. The third-order valence-electron chi connectivity index (χ3n) is 2.87. The van der Waals surface area contributed by atoms with Crippen molar-refractivity contribution in [2.75, 3.05) is 11.9 Å². The number of nitrogens with zero attached hydrogens (tertiary/aromatic N) is 1. The maximum Gasteiger partial charge on any atom is 0.241 e. The van der Waals surface area contributed by atoms with Crippen molar-refractivity contribution in [3.63, 3.8) is 0 Å². The molecule has 0 bridgehead atoms. The van der Waals surface area contributed by atoms with E-state index in [0.29, 0.717) is 5.56 Å². The maximum absolute atomic E-state index is 13.4. The monoisotopic (exact) mass is 345 g/mol. The topological polar surface area (TPSA) is 105 Å². The quantitative estimate of drug-likeness (QED) is 0.764. The van der Waals surface area contributed by atoms with Gasteiger partial charge in [-0.1, -0.05) is 17.7 Å². The average Bonchev–Trinajstić information content (AvgIpc) is 2.47. The lowest BCUT2D eigenvalue weighted by Gasteiger charge is -2.14. The number of aromatic nitrogens is 1. The normalized spacial score (nSPS) is 12.9. The van der Waals surface area contributed by atoms with Crippen molar-refractivity contribution in [1.82, 2.24) is 4.98 Å². The minimum absolute atomic E-state index is 0.0125. The van der Waals surface area contributed by atoms with E-state index in [1.807, 2.05) is 0 Å². The molecule has 0 spiro atoms. The number of benzene rings is 1. The van der Waals surface area contributed by atoms with Crippen LogP contribution in [0.2, 0.25) is 5.02 Å². The molecular formula is C13H13ClFN3O3S. The average molecular weight is 346 g/mol. The number of sulfonamides is 1. The van der Waals surface area contributed by atoms with E-state index in [0.717, 1.165) is 6.07 Å². The minimum Gasteiger partial charge on any atom is -0.387 e. The molecule has 0 saturated heterocycles. The summed E-state index contributed by atoms with van der Waals surface area (Å²) in [4.78, 5) is 3.68. The largest absolute Gasteiger partial charge is 0.387 e. The van der Waals surface area contributed by atoms with Crippen LogP contribution in [0.5, 0.6) is 0 Å². The Morgan fingerprint density at radius 1 is 1.41 bits per heavy atom. The van der Waals surface area contributed by atoms with Crippen LogP contribution in [0.1, 0.15) is 11.7 Å². The van der Waals surface area contributed by atoms with Gasteiger partial charge in [0.05, 0.1) is 11.1 Å². The molecule has 0 aliphatic carbocycles. The SMILES string of the molecule is NS(=O)(=O)c1cccnc1NCC(O)c1ccc(Cl)c(F)c1. The smallest absolute Gasteiger partial charge is 0.241 e. The Hall–Kier alpha value is -1.74. The fourth-order valence-corrected chi connectivity index (χ4v) is 2.56. The number of primary sulfonamides is 1. The molecule has 6 nitrogen and oxygen atoms in total. The summed E-state index contributed by atoms with van der Waals surface area (Å²) >= 11 is 5.57. The summed E-state index contributed by atoms with van der Waals surface area (Å²) in [6.45, 7) is -0.0827. The molecule has 0 aliphatic heterocycles. The molecule has 1 aromatic heterocycles. The van der Waals surface area contributed by atoms with Crippen molar-refractivity contribution < 1.29 is 17.9 Å². The number of nitrogens with one attached hydrogen (secondary N) is 1. The maximum atomic E-state index is 13.4. The lowest BCUT2D eigenvalue weighted by Crippen LogP contribution is -2.18. The zero-order valence-electron chi connectivity index (χ0n) is 11.2. The summed E-state index contributed by atoms with van der Waals surface area (Å²) < 4.78 is 36.2. The Morgan fingerprint density at radius 3 is 2.77 bits per heavy atom. The molecule has 1 atom stereocenters. The summed E-state index contributed by atoms with van der Waals surface area (Å²) in [6.07, 6.45) is 0.299. The van der Waals surface area contributed by atoms with E-state index in [1.165, 1.54) is 30.5 Å². The van der Waals surface area contributed by atoms with E-state index in [9.17, 15) is 17.9 Å². The molecule has 1 aromatic carbocycles. The Labute approximate surface area is 131 Å². The number of hydrogen-bond donors (Lipinski definition) is 3. The Morgan fingerprint density at radius 2 is 2.14 bits per heavy atom. The second kappa shape index (κ2) is 6.57. The molecule has 2 rings (SSSR count). The first-order chi connectivity index (χ1) is 10.3. The molecule has 2 aromatic rings. The molecule has 0 aliphatic rings. The molecule has 118 valence electrons. The van der Waals surface area contributed by atoms with Crippen LogP contribution in [0.4, 0.5) is 10.2 Å². The lowest BCUT2D eigenvalue weighted by molar-refractivity contribution is 0.191. The van der Waals surface area contributed by atoms with E-state index in [4.69, 9.17) is 16.7 Å². The Kier molecular flexibility index (Phi) is 4.97. The zero-order chi connectivity index (χ0) is 16.3. The van der Waals surface area contributed by atoms with Gasteiger partial charge in [0.25, 0.3) is 0 Å². The van der Waals surface area contributed by atoms with Crippen molar-refractivity contribution in [3.05, 3.63) is 52.9 Å². The van der Waals surface area contributed by atoms with Crippen LogP contribution in [0.3, 0.4) is 0 Å². The van der Waals surface area contributed by atoms with Crippen LogP contribution >= 0.6 is 11.6 Å². The van der Waals surface area contributed by atoms with E-state index in [2.05, 4.69) is 10.3 Å². The van der Waals surface area contributed by atoms with Crippen molar-refractivity contribution in [1.29, 1.82) is 0 Å². The van der Waals surface area contributed by atoms with Crippen LogP contribution in [0.15, 0.2) is 41.4 Å². The number of nitrogens with two attached hydrogens (primary N) is 1. The highest BCUT2D eigenvalue weighted by molar-refractivity contribution is 7.89. The van der Waals surface area contributed by atoms with Gasteiger partial charge in [-0.25, -0.2) is 22.9 Å². The van der Waals surface area contributed by atoms with Gasteiger partial charge < -0.3 is 10.4 Å². The number of halogens is 2. The van der Waals surface area contributed by atoms with E-state index in [1.54, 1.807) is 0 Å². The van der Waals surface area contributed by atoms with Crippen LogP contribution in [0, 0.1) is 5.82 Å². The van der Waals surface area contributed by atoms with Gasteiger partial charge in [-0.05, 0) is 29.8 Å². The fraction of sp³-hybridized carbons (Fsp3) is 0.154. The van der Waals surface area contributed by atoms with Crippen LogP contribution in [-0.2, 0) is 10.0 Å². The third-order valence-corrected chi connectivity index (χ3v) is 4.12. The zero-order valence-corrected chi connectivity index (χ0v) is 12.8. The fourth-order valence-electron chi connectivity index (χ4n) is 1.78. The predicted octanol–water partition coefficient (Wildman–Crippen LogP) is 1.67. The van der Waals surface area contributed by atoms with Gasteiger partial charge in [-0.15, -0.1) is 0 Å². The van der Waals surface area contributed by atoms with Crippen molar-refractivity contribution >= 4 is 27.4 Å². The molecule has 1 unspecified atom stereocenters. The Bertz CT molecular complexity index is 786. The van der Waals surface area contributed by atoms with Crippen LogP contribution in [0.25, 0.3) is 0 Å². The molecule has 9 heteroatoms. The molecule has 4 N–H and O–H groups in total. The van der Waals surface area contributed by atoms with Gasteiger partial charge in [0.1, 0.15) is 16.5 Å². The second-order valence-electron chi connectivity index (χ2n) is 4.47. The number of aliphatic hydroxyl groups is 1. The van der Waals surface area contributed by atoms with Crippen molar-refractivity contribution in [3.8, 4) is 0 Å². The molecule has 0 fully saturated rings. The molecule has 0 saturated carbocycles. The number of hydrogen-bond acceptors (Lipinski definition) is 5. The van der Waals surface area contributed by atoms with Gasteiger partial charge in [-0.2, -0.15) is 0 Å². The molecule has 1 heterocycles. The highest BCUT2D eigenvalue weighted by Crippen LogP contribution is 2.22. The first-order valence-electron chi connectivity index (χ1n) is 6.13. The molecule has 0 radical (unpaired) electrons. The summed E-state index contributed by atoms with van der Waals surface area (Å²) in [5.74, 6) is -0.639. The third kappa shape index (κ3) is 3.92. The van der Waals surface area contributed by atoms with Gasteiger partial charge in [-0.3, -0.25) is 0 Å². The highest BCUT2D eigenvalue weighted by atomic mass is 35.5. The summed E-state index contributed by atoms with van der Waals surface area (Å²) in [5, 5.41) is 17.7. The first-order valence-corrected chi connectivity index (χ1v) is 8.06. The molecule has 22 heavy (non-hydrogen) atoms. The number of anilines is 1. The summed E-state index contributed by atoms with van der Waals surface area (Å²) in [5.41, 5.74) is 0.294. The summed E-state index contributed by atoms with van der Waals surface area (Å²) in [7, 11) is -3.94. The Balaban J connectivity index is 2.15. The van der Waals surface area contributed by atoms with E-state index < -0.39 is 21.9 Å². The van der Waals surface area contributed by atoms with Gasteiger partial charge in [0.15, 0.2) is 0 Å². The number of aliphatic hydroxyl groups excluding tert-OH is 1. The van der Waals surface area contributed by atoms with Crippen LogP contribution < -0.4 is 10.5 Å². The lowest BCUT2D eigenvalue weighted by atomic mass is 10.1. The summed E-state index contributed by atoms with van der Waals surface area (Å²) in [6, 6.07) is 6.62. The van der Waals surface area contributed by atoms with E-state index in [-0.39, 0.29) is 22.3 Å². The van der Waals surface area contributed by atoms with Crippen LogP contribution in [-0.4, -0.2) is 25.1 Å². The van der Waals surface area contributed by atoms with E-state index >= 15 is 0 Å². The van der Waals surface area contributed by atoms with Crippen molar-refractivity contribution in [2.45, 2.75) is 11.0 Å².